The van der Waals surface area contributed by atoms with Gasteiger partial charge in [-0.15, -0.1) is 11.3 Å². The van der Waals surface area contributed by atoms with Crippen LogP contribution in [0.4, 0.5) is 0 Å². The third kappa shape index (κ3) is 2.79. The Morgan fingerprint density at radius 3 is 2.53 bits per heavy atom. The summed E-state index contributed by atoms with van der Waals surface area (Å²) in [4.78, 5) is 12.9. The zero-order valence-corrected chi connectivity index (χ0v) is 11.4. The van der Waals surface area contributed by atoms with Gasteiger partial charge in [-0.25, -0.2) is 0 Å². The van der Waals surface area contributed by atoms with Crippen molar-refractivity contribution in [2.24, 2.45) is 0 Å². The van der Waals surface area contributed by atoms with E-state index in [0.29, 0.717) is 16.5 Å². The third-order valence-corrected chi connectivity index (χ3v) is 3.89. The quantitative estimate of drug-likeness (QED) is 0.782. The molecule has 0 N–H and O–H groups in total. The van der Waals surface area contributed by atoms with Gasteiger partial charge < -0.3 is 9.47 Å². The van der Waals surface area contributed by atoms with Crippen molar-refractivity contribution >= 4 is 17.1 Å². The van der Waals surface area contributed by atoms with Crippen LogP contribution in [0.2, 0.25) is 0 Å². The Bertz CT molecular complexity index is 582. The van der Waals surface area contributed by atoms with Crippen LogP contribution in [0.5, 0.6) is 11.5 Å². The Hall–Kier alpha value is -1.81. The zero-order valence-electron chi connectivity index (χ0n) is 10.6. The number of carbonyl (C=O) groups is 1. The zero-order chi connectivity index (χ0) is 13.2. The van der Waals surface area contributed by atoms with Crippen molar-refractivity contribution in [2.75, 3.05) is 7.11 Å². The van der Waals surface area contributed by atoms with E-state index < -0.39 is 0 Å². The molecule has 4 heteroatoms. The molecule has 0 bridgehead atoms. The van der Waals surface area contributed by atoms with Crippen LogP contribution in [0, 0.1) is 0 Å². The Labute approximate surface area is 115 Å². The average Bonchev–Trinajstić information content (AvgIpc) is 3.12. The van der Waals surface area contributed by atoms with Crippen molar-refractivity contribution in [3.8, 4) is 11.5 Å². The Balaban J connectivity index is 1.75. The summed E-state index contributed by atoms with van der Waals surface area (Å²) in [7, 11) is 1.60. The minimum atomic E-state index is 0.0197. The topological polar surface area (TPSA) is 35.5 Å². The highest BCUT2D eigenvalue weighted by molar-refractivity contribution is 7.12. The molecule has 98 valence electrons. The van der Waals surface area contributed by atoms with Crippen molar-refractivity contribution in [3.05, 3.63) is 46.2 Å². The number of hydrogen-bond acceptors (Lipinski definition) is 4. The van der Waals surface area contributed by atoms with Crippen LogP contribution >= 0.6 is 11.3 Å². The number of rotatable bonds is 5. The van der Waals surface area contributed by atoms with Gasteiger partial charge in [0.05, 0.1) is 18.1 Å². The third-order valence-electron chi connectivity index (χ3n) is 2.98. The molecule has 3 rings (SSSR count). The molecule has 2 aromatic rings. The lowest BCUT2D eigenvalue weighted by molar-refractivity contribution is 0.104. The molecule has 0 amide bonds. The van der Waals surface area contributed by atoms with E-state index in [1.54, 1.807) is 13.2 Å². The van der Waals surface area contributed by atoms with Gasteiger partial charge in [-0.05, 0) is 37.1 Å². The molecule has 1 aliphatic carbocycles. The summed E-state index contributed by atoms with van der Waals surface area (Å²) in [5.41, 5.74) is 0.674. The van der Waals surface area contributed by atoms with Gasteiger partial charge in [-0.1, -0.05) is 0 Å². The van der Waals surface area contributed by atoms with Crippen LogP contribution in [0.3, 0.4) is 0 Å². The Morgan fingerprint density at radius 1 is 1.21 bits per heavy atom. The molecule has 1 aliphatic rings. The highest BCUT2D eigenvalue weighted by atomic mass is 32.1. The second-order valence-corrected chi connectivity index (χ2v) is 5.43. The molecule has 0 radical (unpaired) electrons. The fourth-order valence-electron chi connectivity index (χ4n) is 1.75. The SMILES string of the molecule is COc1csc(C(=O)c2ccc(OC3CC3)cc2)c1. The molecule has 0 atom stereocenters. The molecule has 1 heterocycles. The van der Waals surface area contributed by atoms with Gasteiger partial charge in [0, 0.05) is 17.0 Å². The molecule has 1 aromatic carbocycles. The number of carbonyl (C=O) groups excluding carboxylic acids is 1. The van der Waals surface area contributed by atoms with Crippen LogP contribution in [0.25, 0.3) is 0 Å². The van der Waals surface area contributed by atoms with E-state index in [9.17, 15) is 4.79 Å². The summed E-state index contributed by atoms with van der Waals surface area (Å²) >= 11 is 1.40. The maximum Gasteiger partial charge on any atom is 0.203 e. The van der Waals surface area contributed by atoms with Crippen LogP contribution in [0.15, 0.2) is 35.7 Å². The number of methoxy groups -OCH3 is 1. The van der Waals surface area contributed by atoms with Crippen molar-refractivity contribution < 1.29 is 14.3 Å². The number of hydrogen-bond donors (Lipinski definition) is 0. The molecule has 0 saturated heterocycles. The molecule has 0 unspecified atom stereocenters. The maximum absolute atomic E-state index is 12.2. The molecule has 1 saturated carbocycles. The van der Waals surface area contributed by atoms with Crippen molar-refractivity contribution in [3.63, 3.8) is 0 Å². The van der Waals surface area contributed by atoms with Gasteiger partial charge in [0.25, 0.3) is 0 Å². The summed E-state index contributed by atoms with van der Waals surface area (Å²) in [5, 5.41) is 1.83. The smallest absolute Gasteiger partial charge is 0.203 e. The monoisotopic (exact) mass is 274 g/mol. The van der Waals surface area contributed by atoms with Crippen LogP contribution < -0.4 is 9.47 Å². The Kier molecular flexibility index (Phi) is 3.25. The first-order chi connectivity index (χ1) is 9.26. The van der Waals surface area contributed by atoms with Crippen LogP contribution in [-0.4, -0.2) is 19.0 Å². The fraction of sp³-hybridized carbons (Fsp3) is 0.267. The van der Waals surface area contributed by atoms with Gasteiger partial charge in [-0.3, -0.25) is 4.79 Å². The summed E-state index contributed by atoms with van der Waals surface area (Å²) in [6.07, 6.45) is 2.65. The minimum absolute atomic E-state index is 0.0197. The normalized spacial score (nSPS) is 14.2. The van der Waals surface area contributed by atoms with Gasteiger partial charge in [0.2, 0.25) is 5.78 Å². The van der Waals surface area contributed by atoms with Crippen molar-refractivity contribution in [1.82, 2.24) is 0 Å². The second kappa shape index (κ2) is 5.05. The number of ether oxygens (including phenoxy) is 2. The molecule has 1 fully saturated rings. The van der Waals surface area contributed by atoms with Gasteiger partial charge >= 0.3 is 0 Å². The highest BCUT2D eigenvalue weighted by Crippen LogP contribution is 2.28. The van der Waals surface area contributed by atoms with Gasteiger partial charge in [-0.2, -0.15) is 0 Å². The molecule has 1 aromatic heterocycles. The highest BCUT2D eigenvalue weighted by Gasteiger charge is 2.23. The summed E-state index contributed by atoms with van der Waals surface area (Å²) in [5.74, 6) is 1.58. The standard InChI is InChI=1S/C15H14O3S/c1-17-13-8-14(19-9-13)15(16)10-2-4-11(5-3-10)18-12-6-7-12/h2-5,8-9,12H,6-7H2,1H3. The Morgan fingerprint density at radius 2 is 1.95 bits per heavy atom. The molecule has 0 spiro atoms. The lowest BCUT2D eigenvalue weighted by Crippen LogP contribution is -2.00. The molecular weight excluding hydrogens is 260 g/mol. The van der Waals surface area contributed by atoms with E-state index in [0.717, 1.165) is 24.3 Å². The first-order valence-electron chi connectivity index (χ1n) is 6.20. The lowest BCUT2D eigenvalue weighted by atomic mass is 10.1. The van der Waals surface area contributed by atoms with E-state index in [4.69, 9.17) is 9.47 Å². The van der Waals surface area contributed by atoms with Gasteiger partial charge in [0.15, 0.2) is 0 Å². The number of thiophene rings is 1. The summed E-state index contributed by atoms with van der Waals surface area (Å²) in [6.45, 7) is 0. The van der Waals surface area contributed by atoms with E-state index in [2.05, 4.69) is 0 Å². The number of ketones is 1. The molecular formula is C15H14O3S. The largest absolute Gasteiger partial charge is 0.496 e. The first kappa shape index (κ1) is 12.2. The molecule has 3 nitrogen and oxygen atoms in total. The van der Waals surface area contributed by atoms with Crippen LogP contribution in [0.1, 0.15) is 28.1 Å². The fourth-order valence-corrected chi connectivity index (χ4v) is 2.57. The maximum atomic E-state index is 12.2. The molecule has 0 aliphatic heterocycles. The average molecular weight is 274 g/mol. The summed E-state index contributed by atoms with van der Waals surface area (Å²) in [6, 6.07) is 9.10. The van der Waals surface area contributed by atoms with Crippen molar-refractivity contribution in [1.29, 1.82) is 0 Å². The van der Waals surface area contributed by atoms with Gasteiger partial charge in [0.1, 0.15) is 11.5 Å². The number of benzene rings is 1. The van der Waals surface area contributed by atoms with E-state index in [-0.39, 0.29) is 5.78 Å². The second-order valence-electron chi connectivity index (χ2n) is 4.52. The lowest BCUT2D eigenvalue weighted by Gasteiger charge is -2.04. The van der Waals surface area contributed by atoms with Crippen LogP contribution in [-0.2, 0) is 0 Å². The van der Waals surface area contributed by atoms with E-state index in [1.165, 1.54) is 11.3 Å². The predicted molar refractivity (Wildman–Crippen MR) is 74.4 cm³/mol. The van der Waals surface area contributed by atoms with E-state index >= 15 is 0 Å². The predicted octanol–water partition coefficient (Wildman–Crippen LogP) is 3.53. The first-order valence-corrected chi connectivity index (χ1v) is 7.08. The van der Waals surface area contributed by atoms with E-state index in [1.807, 2.05) is 29.6 Å². The summed E-state index contributed by atoms with van der Waals surface area (Å²) < 4.78 is 10.7. The van der Waals surface area contributed by atoms with Crippen molar-refractivity contribution in [2.45, 2.75) is 18.9 Å². The molecule has 19 heavy (non-hydrogen) atoms. The minimum Gasteiger partial charge on any atom is -0.496 e.